The van der Waals surface area contributed by atoms with Crippen molar-refractivity contribution in [2.45, 2.75) is 18.9 Å². The van der Waals surface area contributed by atoms with E-state index in [1.165, 1.54) is 0 Å². The minimum absolute atomic E-state index is 0.0549. The minimum Gasteiger partial charge on any atom is -0.352 e. The highest BCUT2D eigenvalue weighted by Gasteiger charge is 2.28. The molecule has 1 N–H and O–H groups in total. The third-order valence-corrected chi connectivity index (χ3v) is 4.90. The van der Waals surface area contributed by atoms with Gasteiger partial charge in [0.25, 0.3) is 0 Å². The molecule has 1 aromatic rings. The molecule has 1 fully saturated rings. The van der Waals surface area contributed by atoms with E-state index in [2.05, 4.69) is 5.32 Å². The summed E-state index contributed by atoms with van der Waals surface area (Å²) in [6.45, 7) is 0. The number of nitrogens with one attached hydrogen (secondary N) is 1. The zero-order chi connectivity index (χ0) is 13.2. The lowest BCUT2D eigenvalue weighted by atomic mass is 10.1. The summed E-state index contributed by atoms with van der Waals surface area (Å²) in [4.78, 5) is 11.7. The lowest BCUT2D eigenvalue weighted by molar-refractivity contribution is -0.120. The molecule has 0 aliphatic carbocycles. The molecule has 0 aromatic heterocycles. The first-order chi connectivity index (χ1) is 8.44. The molecule has 1 aromatic carbocycles. The van der Waals surface area contributed by atoms with E-state index in [4.69, 9.17) is 11.6 Å². The summed E-state index contributed by atoms with van der Waals surface area (Å²) in [7, 11) is -2.95. The first-order valence-electron chi connectivity index (χ1n) is 5.69. The van der Waals surface area contributed by atoms with E-state index < -0.39 is 9.84 Å². The molecule has 4 nitrogen and oxygen atoms in total. The topological polar surface area (TPSA) is 63.2 Å². The quantitative estimate of drug-likeness (QED) is 0.908. The molecular weight excluding hydrogens is 274 g/mol. The summed E-state index contributed by atoms with van der Waals surface area (Å²) < 4.78 is 22.5. The average Bonchev–Trinajstić information content (AvgIpc) is 2.61. The number of hydrogen-bond donors (Lipinski definition) is 1. The SMILES string of the molecule is O=C(Cc1ccc(Cl)cc1)NC1CCS(=O)(=O)C1. The van der Waals surface area contributed by atoms with Crippen LogP contribution in [0.3, 0.4) is 0 Å². The second-order valence-corrected chi connectivity index (χ2v) is 7.14. The van der Waals surface area contributed by atoms with Gasteiger partial charge in [-0.25, -0.2) is 8.42 Å². The van der Waals surface area contributed by atoms with Crippen molar-refractivity contribution in [2.75, 3.05) is 11.5 Å². The van der Waals surface area contributed by atoms with Gasteiger partial charge < -0.3 is 5.32 Å². The fourth-order valence-electron chi connectivity index (χ4n) is 1.98. The van der Waals surface area contributed by atoms with Crippen LogP contribution in [0.2, 0.25) is 5.02 Å². The molecule has 98 valence electrons. The molecule has 1 aliphatic rings. The largest absolute Gasteiger partial charge is 0.352 e. The molecule has 1 amide bonds. The summed E-state index contributed by atoms with van der Waals surface area (Å²) >= 11 is 5.75. The van der Waals surface area contributed by atoms with E-state index in [1.807, 2.05) is 0 Å². The van der Waals surface area contributed by atoms with Gasteiger partial charge in [-0.05, 0) is 24.1 Å². The summed E-state index contributed by atoms with van der Waals surface area (Å²) in [5.74, 6) is 0.0672. The average molecular weight is 288 g/mol. The maximum atomic E-state index is 11.7. The first-order valence-corrected chi connectivity index (χ1v) is 7.89. The van der Waals surface area contributed by atoms with Crippen molar-refractivity contribution in [3.05, 3.63) is 34.9 Å². The molecule has 1 heterocycles. The molecule has 6 heteroatoms. The molecule has 1 aliphatic heterocycles. The van der Waals surface area contributed by atoms with Gasteiger partial charge in [0.05, 0.1) is 17.9 Å². The Balaban J connectivity index is 1.88. The van der Waals surface area contributed by atoms with E-state index in [9.17, 15) is 13.2 Å². The second kappa shape index (κ2) is 5.28. The van der Waals surface area contributed by atoms with Gasteiger partial charge in [0.15, 0.2) is 9.84 Å². The molecule has 1 unspecified atom stereocenters. The number of benzene rings is 1. The van der Waals surface area contributed by atoms with Crippen LogP contribution < -0.4 is 5.32 Å². The van der Waals surface area contributed by atoms with Crippen molar-refractivity contribution in [3.63, 3.8) is 0 Å². The predicted molar refractivity (Wildman–Crippen MR) is 70.4 cm³/mol. The molecule has 1 saturated heterocycles. The van der Waals surface area contributed by atoms with Crippen LogP contribution in [-0.4, -0.2) is 31.9 Å². The number of amides is 1. The molecule has 2 rings (SSSR count). The highest BCUT2D eigenvalue weighted by atomic mass is 35.5. The number of hydrogen-bond acceptors (Lipinski definition) is 3. The molecule has 0 saturated carbocycles. The summed E-state index contributed by atoms with van der Waals surface area (Å²) in [6.07, 6.45) is 0.752. The molecule has 1 atom stereocenters. The van der Waals surface area contributed by atoms with Gasteiger partial charge in [0.2, 0.25) is 5.91 Å². The Morgan fingerprint density at radius 1 is 1.33 bits per heavy atom. The fourth-order valence-corrected chi connectivity index (χ4v) is 3.77. The van der Waals surface area contributed by atoms with Gasteiger partial charge in [-0.3, -0.25) is 4.79 Å². The van der Waals surface area contributed by atoms with Crippen LogP contribution in [0.15, 0.2) is 24.3 Å². The minimum atomic E-state index is -2.95. The standard InChI is InChI=1S/C12H14ClNO3S/c13-10-3-1-9(2-4-10)7-12(15)14-11-5-6-18(16,17)8-11/h1-4,11H,5-8H2,(H,14,15). The van der Waals surface area contributed by atoms with Crippen LogP contribution in [0.4, 0.5) is 0 Å². The number of rotatable bonds is 3. The fraction of sp³-hybridized carbons (Fsp3) is 0.417. The lowest BCUT2D eigenvalue weighted by Gasteiger charge is -2.10. The molecule has 18 heavy (non-hydrogen) atoms. The zero-order valence-electron chi connectivity index (χ0n) is 9.73. The van der Waals surface area contributed by atoms with Gasteiger partial charge in [-0.15, -0.1) is 0 Å². The lowest BCUT2D eigenvalue weighted by Crippen LogP contribution is -2.36. The van der Waals surface area contributed by atoms with Crippen molar-refractivity contribution in [1.29, 1.82) is 0 Å². The zero-order valence-corrected chi connectivity index (χ0v) is 11.3. The van der Waals surface area contributed by atoms with Crippen LogP contribution in [0.25, 0.3) is 0 Å². The van der Waals surface area contributed by atoms with Crippen molar-refractivity contribution < 1.29 is 13.2 Å². The van der Waals surface area contributed by atoms with E-state index in [0.717, 1.165) is 5.56 Å². The van der Waals surface area contributed by atoms with E-state index in [-0.39, 0.29) is 29.9 Å². The third kappa shape index (κ3) is 3.71. The van der Waals surface area contributed by atoms with Crippen LogP contribution in [-0.2, 0) is 21.1 Å². The van der Waals surface area contributed by atoms with E-state index >= 15 is 0 Å². The highest BCUT2D eigenvalue weighted by molar-refractivity contribution is 7.91. The second-order valence-electron chi connectivity index (χ2n) is 4.47. The van der Waals surface area contributed by atoms with Gasteiger partial charge in [-0.1, -0.05) is 23.7 Å². The Morgan fingerprint density at radius 2 is 2.00 bits per heavy atom. The van der Waals surface area contributed by atoms with Gasteiger partial charge in [0, 0.05) is 11.1 Å². The Hall–Kier alpha value is -1.07. The number of carbonyl (C=O) groups excluding carboxylic acids is 1. The Bertz CT molecular complexity index is 539. The van der Waals surface area contributed by atoms with Gasteiger partial charge in [0.1, 0.15) is 0 Å². The smallest absolute Gasteiger partial charge is 0.224 e. The molecular formula is C12H14ClNO3S. The van der Waals surface area contributed by atoms with Crippen molar-refractivity contribution in [1.82, 2.24) is 5.32 Å². The highest BCUT2D eigenvalue weighted by Crippen LogP contribution is 2.12. The molecule has 0 radical (unpaired) electrons. The molecule has 0 bridgehead atoms. The summed E-state index contributed by atoms with van der Waals surface area (Å²) in [6, 6.07) is 6.78. The van der Waals surface area contributed by atoms with Crippen molar-refractivity contribution in [2.24, 2.45) is 0 Å². The van der Waals surface area contributed by atoms with Crippen molar-refractivity contribution >= 4 is 27.3 Å². The van der Waals surface area contributed by atoms with Gasteiger partial charge in [-0.2, -0.15) is 0 Å². The normalized spacial score (nSPS) is 21.7. The number of halogens is 1. The number of carbonyl (C=O) groups is 1. The van der Waals surface area contributed by atoms with Crippen LogP contribution >= 0.6 is 11.6 Å². The van der Waals surface area contributed by atoms with Crippen molar-refractivity contribution in [3.8, 4) is 0 Å². The first kappa shape index (κ1) is 13.4. The summed E-state index contributed by atoms with van der Waals surface area (Å²) in [5, 5.41) is 3.37. The number of sulfone groups is 1. The van der Waals surface area contributed by atoms with Crippen LogP contribution in [0, 0.1) is 0 Å². The van der Waals surface area contributed by atoms with E-state index in [1.54, 1.807) is 24.3 Å². The Morgan fingerprint density at radius 3 is 2.56 bits per heavy atom. The Kier molecular flexibility index (Phi) is 3.92. The van der Waals surface area contributed by atoms with E-state index in [0.29, 0.717) is 11.4 Å². The van der Waals surface area contributed by atoms with Crippen LogP contribution in [0.1, 0.15) is 12.0 Å². The molecule has 0 spiro atoms. The van der Waals surface area contributed by atoms with Gasteiger partial charge >= 0.3 is 0 Å². The maximum absolute atomic E-state index is 11.7. The predicted octanol–water partition coefficient (Wildman–Crippen LogP) is 1.19. The maximum Gasteiger partial charge on any atom is 0.224 e. The monoisotopic (exact) mass is 287 g/mol. The Labute approximate surface area is 111 Å². The third-order valence-electron chi connectivity index (χ3n) is 2.88. The summed E-state index contributed by atoms with van der Waals surface area (Å²) in [5.41, 5.74) is 0.859. The van der Waals surface area contributed by atoms with Crippen LogP contribution in [0.5, 0.6) is 0 Å².